The highest BCUT2D eigenvalue weighted by Crippen LogP contribution is 2.40. The van der Waals surface area contributed by atoms with Gasteiger partial charge in [0.2, 0.25) is 5.76 Å². The van der Waals surface area contributed by atoms with Gasteiger partial charge in [0.15, 0.2) is 5.43 Å². The van der Waals surface area contributed by atoms with Crippen molar-refractivity contribution in [3.05, 3.63) is 105 Å². The van der Waals surface area contributed by atoms with Gasteiger partial charge >= 0.3 is 0 Å². The molecule has 1 fully saturated rings. The lowest BCUT2D eigenvalue weighted by Crippen LogP contribution is -2.39. The Morgan fingerprint density at radius 1 is 0.971 bits per heavy atom. The van der Waals surface area contributed by atoms with Gasteiger partial charge in [-0.25, -0.2) is 0 Å². The van der Waals surface area contributed by atoms with Crippen LogP contribution in [0, 0.1) is 6.92 Å². The highest BCUT2D eigenvalue weighted by atomic mass is 16.3. The molecule has 172 valence electrons. The first kappa shape index (κ1) is 20.9. The van der Waals surface area contributed by atoms with Crippen molar-refractivity contribution in [1.82, 2.24) is 9.80 Å². The van der Waals surface area contributed by atoms with E-state index in [1.807, 2.05) is 55.5 Å². The average Bonchev–Trinajstić information content (AvgIpc) is 3.61. The largest absolute Gasteiger partial charge is 0.468 e. The molecule has 0 radical (unpaired) electrons. The Labute approximate surface area is 197 Å². The van der Waals surface area contributed by atoms with Crippen LogP contribution in [-0.4, -0.2) is 35.3 Å². The van der Waals surface area contributed by atoms with Crippen LogP contribution in [-0.2, 0) is 0 Å². The molecule has 2 aliphatic rings. The highest BCUT2D eigenvalue weighted by molar-refractivity contribution is 5.99. The van der Waals surface area contributed by atoms with Crippen LogP contribution >= 0.6 is 0 Å². The molecule has 4 aromatic rings. The Balaban J connectivity index is 1.50. The van der Waals surface area contributed by atoms with Crippen molar-refractivity contribution in [3.8, 4) is 0 Å². The number of likely N-dealkylation sites (tertiary alicyclic amines) is 1. The Hall–Kier alpha value is -3.64. The number of para-hydroxylation sites is 1. The molecule has 1 saturated heterocycles. The minimum Gasteiger partial charge on any atom is -0.468 e. The second kappa shape index (κ2) is 8.29. The maximum Gasteiger partial charge on any atom is 0.290 e. The fourth-order valence-electron chi connectivity index (χ4n) is 5.36. The third-order valence-corrected chi connectivity index (χ3v) is 7.09. The fraction of sp³-hybridized carbons (Fsp3) is 0.286. The molecule has 4 heterocycles. The number of rotatable bonds is 5. The molecular weight excluding hydrogens is 428 g/mol. The maximum atomic E-state index is 13.8. The number of aryl methyl sites for hydroxylation is 1. The van der Waals surface area contributed by atoms with Gasteiger partial charge in [0.25, 0.3) is 5.91 Å². The number of furan rings is 1. The molecule has 0 bridgehead atoms. The number of benzene rings is 2. The topological polar surface area (TPSA) is 66.9 Å². The number of hydrogen-bond acceptors (Lipinski definition) is 5. The molecule has 2 aliphatic heterocycles. The molecule has 6 heteroatoms. The summed E-state index contributed by atoms with van der Waals surface area (Å²) in [5.74, 6) is 0.728. The average molecular weight is 455 g/mol. The van der Waals surface area contributed by atoms with Crippen LogP contribution in [0.4, 0.5) is 0 Å². The molecule has 0 aliphatic carbocycles. The van der Waals surface area contributed by atoms with E-state index in [0.29, 0.717) is 23.1 Å². The zero-order valence-corrected chi connectivity index (χ0v) is 19.1. The van der Waals surface area contributed by atoms with Crippen molar-refractivity contribution >= 4 is 16.9 Å². The molecule has 0 spiro atoms. The van der Waals surface area contributed by atoms with Crippen molar-refractivity contribution in [3.63, 3.8) is 0 Å². The normalized spacial score (nSPS) is 19.1. The van der Waals surface area contributed by atoms with Crippen LogP contribution in [0.1, 0.15) is 57.9 Å². The summed E-state index contributed by atoms with van der Waals surface area (Å²) in [5, 5.41) is 0.495. The van der Waals surface area contributed by atoms with E-state index in [1.165, 1.54) is 0 Å². The first-order valence-electron chi connectivity index (χ1n) is 11.8. The molecule has 2 atom stereocenters. The lowest BCUT2D eigenvalue weighted by molar-refractivity contribution is 0.0644. The van der Waals surface area contributed by atoms with Crippen molar-refractivity contribution in [1.29, 1.82) is 0 Å². The molecule has 34 heavy (non-hydrogen) atoms. The summed E-state index contributed by atoms with van der Waals surface area (Å²) in [6.07, 6.45) is 3.92. The van der Waals surface area contributed by atoms with Crippen molar-refractivity contribution in [2.75, 3.05) is 19.6 Å². The van der Waals surface area contributed by atoms with Gasteiger partial charge in [-0.15, -0.1) is 0 Å². The highest BCUT2D eigenvalue weighted by Gasteiger charge is 2.44. The smallest absolute Gasteiger partial charge is 0.290 e. The number of fused-ring (bicyclic) bond motifs is 2. The van der Waals surface area contributed by atoms with Gasteiger partial charge < -0.3 is 13.7 Å². The number of carbonyl (C=O) groups excluding carboxylic acids is 1. The van der Waals surface area contributed by atoms with E-state index in [-0.39, 0.29) is 23.1 Å². The number of amides is 1. The van der Waals surface area contributed by atoms with Crippen LogP contribution in [0.25, 0.3) is 11.0 Å². The van der Waals surface area contributed by atoms with Crippen molar-refractivity contribution < 1.29 is 13.6 Å². The third-order valence-electron chi connectivity index (χ3n) is 7.09. The number of hydrogen-bond donors (Lipinski definition) is 0. The van der Waals surface area contributed by atoms with E-state index >= 15 is 0 Å². The van der Waals surface area contributed by atoms with Gasteiger partial charge in [-0.1, -0.05) is 42.0 Å². The molecule has 2 aromatic carbocycles. The SMILES string of the molecule is Cc1ccc([C@@H]2c3c(oc4ccccc4c3=O)C(=O)N2C[C@@H](c2ccco2)N2CCCC2)cc1. The lowest BCUT2D eigenvalue weighted by atomic mass is 9.97. The zero-order chi connectivity index (χ0) is 23.2. The van der Waals surface area contributed by atoms with Crippen LogP contribution in [0.5, 0.6) is 0 Å². The molecule has 0 saturated carbocycles. The maximum absolute atomic E-state index is 13.8. The Morgan fingerprint density at radius 3 is 2.47 bits per heavy atom. The number of nitrogens with zero attached hydrogens (tertiary/aromatic N) is 2. The second-order valence-corrected chi connectivity index (χ2v) is 9.22. The van der Waals surface area contributed by atoms with Crippen LogP contribution in [0.2, 0.25) is 0 Å². The van der Waals surface area contributed by atoms with Crippen LogP contribution < -0.4 is 5.43 Å². The molecule has 0 N–H and O–H groups in total. The lowest BCUT2D eigenvalue weighted by Gasteiger charge is -2.33. The van der Waals surface area contributed by atoms with Crippen LogP contribution in [0.3, 0.4) is 0 Å². The van der Waals surface area contributed by atoms with Gasteiger partial charge in [0.1, 0.15) is 11.3 Å². The summed E-state index contributed by atoms with van der Waals surface area (Å²) in [6, 6.07) is 18.4. The molecule has 6 rings (SSSR count). The Kier molecular flexibility index (Phi) is 5.11. The molecule has 0 unspecified atom stereocenters. The predicted molar refractivity (Wildman–Crippen MR) is 129 cm³/mol. The van der Waals surface area contributed by atoms with Gasteiger partial charge in [-0.3, -0.25) is 14.5 Å². The standard InChI is InChI=1S/C28H26N2O4/c1-18-10-12-19(13-11-18)25-24-26(31)20-7-2-3-8-22(20)34-27(24)28(32)30(25)17-21(23-9-6-16-33-23)29-14-4-5-15-29/h2-3,6-13,16,21,25H,4-5,14-15,17H2,1H3/t21-,25+/m0/s1. The fourth-order valence-corrected chi connectivity index (χ4v) is 5.36. The first-order chi connectivity index (χ1) is 16.6. The summed E-state index contributed by atoms with van der Waals surface area (Å²) in [6.45, 7) is 4.34. The summed E-state index contributed by atoms with van der Waals surface area (Å²) in [5.41, 5.74) is 2.74. The summed E-state index contributed by atoms with van der Waals surface area (Å²) in [4.78, 5) is 31.6. The molecule has 2 aromatic heterocycles. The Morgan fingerprint density at radius 2 is 1.74 bits per heavy atom. The van der Waals surface area contributed by atoms with Crippen molar-refractivity contribution in [2.24, 2.45) is 0 Å². The summed E-state index contributed by atoms with van der Waals surface area (Å²) >= 11 is 0. The van der Waals surface area contributed by atoms with E-state index in [1.54, 1.807) is 23.3 Å². The van der Waals surface area contributed by atoms with E-state index < -0.39 is 6.04 Å². The minimum absolute atomic E-state index is 0.0896. The molecule has 6 nitrogen and oxygen atoms in total. The number of carbonyl (C=O) groups is 1. The van der Waals surface area contributed by atoms with Gasteiger partial charge in [-0.05, 0) is 62.7 Å². The van der Waals surface area contributed by atoms with E-state index in [2.05, 4.69) is 4.90 Å². The predicted octanol–water partition coefficient (Wildman–Crippen LogP) is 5.08. The van der Waals surface area contributed by atoms with Crippen molar-refractivity contribution in [2.45, 2.75) is 31.8 Å². The second-order valence-electron chi connectivity index (χ2n) is 9.22. The quantitative estimate of drug-likeness (QED) is 0.421. The van der Waals surface area contributed by atoms with E-state index in [4.69, 9.17) is 8.83 Å². The summed E-state index contributed by atoms with van der Waals surface area (Å²) in [7, 11) is 0. The van der Waals surface area contributed by atoms with Gasteiger partial charge in [0.05, 0.1) is 29.3 Å². The van der Waals surface area contributed by atoms with Gasteiger partial charge in [0, 0.05) is 6.54 Å². The summed E-state index contributed by atoms with van der Waals surface area (Å²) < 4.78 is 11.9. The molecular formula is C28H26N2O4. The van der Waals surface area contributed by atoms with Crippen LogP contribution in [0.15, 0.2) is 80.6 Å². The monoisotopic (exact) mass is 454 g/mol. The first-order valence-corrected chi connectivity index (χ1v) is 11.8. The van der Waals surface area contributed by atoms with E-state index in [0.717, 1.165) is 42.8 Å². The zero-order valence-electron chi connectivity index (χ0n) is 19.1. The molecule has 1 amide bonds. The third kappa shape index (κ3) is 3.37. The van der Waals surface area contributed by atoms with E-state index in [9.17, 15) is 9.59 Å². The minimum atomic E-state index is -0.510. The Bertz CT molecular complexity index is 1400. The van der Waals surface area contributed by atoms with Gasteiger partial charge in [-0.2, -0.15) is 0 Å².